The maximum atomic E-state index is 12.4. The molecule has 0 spiro atoms. The highest BCUT2D eigenvalue weighted by Gasteiger charge is 2.30. The van der Waals surface area contributed by atoms with Gasteiger partial charge in [-0.15, -0.1) is 11.8 Å². The van der Waals surface area contributed by atoms with Crippen LogP contribution >= 0.6 is 23.4 Å². The Morgan fingerprint density at radius 2 is 2.22 bits per heavy atom. The van der Waals surface area contributed by atoms with Crippen molar-refractivity contribution < 1.29 is 19.6 Å². The van der Waals surface area contributed by atoms with E-state index in [1.807, 2.05) is 36.5 Å². The maximum absolute atomic E-state index is 12.4. The molecule has 0 aliphatic carbocycles. The minimum Gasteiger partial charge on any atom is -0.468 e. The van der Waals surface area contributed by atoms with Gasteiger partial charge in [0.15, 0.2) is 6.54 Å². The first-order chi connectivity index (χ1) is 11.0. The Kier molecular flexibility index (Phi) is 6.74. The van der Waals surface area contributed by atoms with Crippen LogP contribution in [0.2, 0.25) is 5.02 Å². The number of rotatable bonds is 5. The molecule has 1 fully saturated rings. The number of ether oxygens (including phenoxy) is 1. The number of amides is 1. The summed E-state index contributed by atoms with van der Waals surface area (Å²) in [6.07, 6.45) is 0. The van der Waals surface area contributed by atoms with Crippen molar-refractivity contribution in [3.63, 3.8) is 0 Å². The topological polar surface area (TPSA) is 63.2 Å². The molecule has 126 valence electrons. The van der Waals surface area contributed by atoms with Gasteiger partial charge in [0.25, 0.3) is 5.91 Å². The summed E-state index contributed by atoms with van der Waals surface area (Å²) in [6, 6.07) is 7.76. The number of quaternary nitrogens is 1. The molecule has 5 nitrogen and oxygen atoms in total. The molecule has 0 saturated carbocycles. The predicted molar refractivity (Wildman–Crippen MR) is 91.5 cm³/mol. The van der Waals surface area contributed by atoms with Crippen molar-refractivity contribution >= 4 is 35.2 Å². The van der Waals surface area contributed by atoms with Gasteiger partial charge in [0.2, 0.25) is 0 Å². The minimum absolute atomic E-state index is 0.0399. The van der Waals surface area contributed by atoms with Crippen LogP contribution in [0.5, 0.6) is 0 Å². The number of nitrogens with two attached hydrogens (primary N) is 1. The molecule has 0 unspecified atom stereocenters. The molecular formula is C16H22ClN2O3S+. The molecule has 1 amide bonds. The largest absolute Gasteiger partial charge is 0.468 e. The third-order valence-corrected chi connectivity index (χ3v) is 5.43. The first-order valence-corrected chi connectivity index (χ1v) is 9.00. The van der Waals surface area contributed by atoms with Crippen LogP contribution in [0.3, 0.4) is 0 Å². The predicted octanol–water partition coefficient (Wildman–Crippen LogP) is 1.08. The fraction of sp³-hybridized carbons (Fsp3) is 0.500. The lowest BCUT2D eigenvalue weighted by molar-refractivity contribution is -0.683. The molecule has 0 radical (unpaired) electrons. The summed E-state index contributed by atoms with van der Waals surface area (Å²) in [5.41, 5.74) is 1.02. The van der Waals surface area contributed by atoms with Gasteiger partial charge in [-0.05, 0) is 13.0 Å². The van der Waals surface area contributed by atoms with Crippen LogP contribution in [-0.2, 0) is 14.3 Å². The van der Waals surface area contributed by atoms with E-state index in [0.29, 0.717) is 24.7 Å². The van der Waals surface area contributed by atoms with Crippen LogP contribution in [0, 0.1) is 0 Å². The zero-order valence-corrected chi connectivity index (χ0v) is 14.9. The molecule has 2 N–H and O–H groups in total. The standard InChI is InChI=1S/C16H21ClN2O3S/c1-11(12-5-3-4-6-13(12)17)18-9-15(20)19-7-8-23-14(10-19)16(21)22-2/h3-6,11,14,18H,7-10H2,1-2H3/p+1/t11-,14+/m0/s1. The Bertz CT molecular complexity index is 570. The summed E-state index contributed by atoms with van der Waals surface area (Å²) >= 11 is 7.73. The van der Waals surface area contributed by atoms with Gasteiger partial charge in [-0.25, -0.2) is 0 Å². The Balaban J connectivity index is 1.87. The summed E-state index contributed by atoms with van der Waals surface area (Å²) in [4.78, 5) is 25.7. The van der Waals surface area contributed by atoms with E-state index in [0.717, 1.165) is 11.3 Å². The van der Waals surface area contributed by atoms with E-state index in [1.165, 1.54) is 7.11 Å². The molecule has 2 atom stereocenters. The van der Waals surface area contributed by atoms with E-state index in [-0.39, 0.29) is 23.2 Å². The average molecular weight is 358 g/mol. The van der Waals surface area contributed by atoms with Crippen molar-refractivity contribution in [2.75, 3.05) is 32.5 Å². The van der Waals surface area contributed by atoms with Crippen LogP contribution in [0.25, 0.3) is 0 Å². The molecule has 0 bridgehead atoms. The van der Waals surface area contributed by atoms with E-state index in [1.54, 1.807) is 16.7 Å². The van der Waals surface area contributed by atoms with Crippen molar-refractivity contribution in [2.45, 2.75) is 18.2 Å². The van der Waals surface area contributed by atoms with Crippen LogP contribution < -0.4 is 5.32 Å². The van der Waals surface area contributed by atoms with E-state index < -0.39 is 0 Å². The van der Waals surface area contributed by atoms with Crippen LogP contribution in [0.4, 0.5) is 0 Å². The highest BCUT2D eigenvalue weighted by molar-refractivity contribution is 8.00. The molecule has 2 rings (SSSR count). The van der Waals surface area contributed by atoms with E-state index in [9.17, 15) is 9.59 Å². The third-order valence-electron chi connectivity index (χ3n) is 3.93. The van der Waals surface area contributed by atoms with Gasteiger partial charge in [0.1, 0.15) is 11.3 Å². The van der Waals surface area contributed by atoms with Gasteiger partial charge in [-0.2, -0.15) is 0 Å². The second kappa shape index (κ2) is 8.57. The Morgan fingerprint density at radius 1 is 1.48 bits per heavy atom. The molecule has 1 heterocycles. The van der Waals surface area contributed by atoms with Crippen molar-refractivity contribution in [2.24, 2.45) is 0 Å². The van der Waals surface area contributed by atoms with E-state index in [2.05, 4.69) is 0 Å². The number of esters is 1. The molecule has 1 aromatic rings. The van der Waals surface area contributed by atoms with E-state index in [4.69, 9.17) is 16.3 Å². The van der Waals surface area contributed by atoms with Gasteiger partial charge in [-0.3, -0.25) is 9.59 Å². The fourth-order valence-electron chi connectivity index (χ4n) is 2.53. The lowest BCUT2D eigenvalue weighted by Gasteiger charge is -2.30. The highest BCUT2D eigenvalue weighted by Crippen LogP contribution is 2.20. The average Bonchev–Trinajstić information content (AvgIpc) is 2.59. The molecule has 0 aromatic heterocycles. The zero-order valence-electron chi connectivity index (χ0n) is 13.3. The van der Waals surface area contributed by atoms with Crippen molar-refractivity contribution in [1.82, 2.24) is 4.90 Å². The van der Waals surface area contributed by atoms with Gasteiger partial charge < -0.3 is 15.0 Å². The third kappa shape index (κ3) is 4.86. The van der Waals surface area contributed by atoms with Crippen LogP contribution in [-0.4, -0.2) is 54.5 Å². The second-order valence-corrected chi connectivity index (χ2v) is 7.19. The second-order valence-electron chi connectivity index (χ2n) is 5.47. The molecule has 1 saturated heterocycles. The summed E-state index contributed by atoms with van der Waals surface area (Å²) in [5, 5.41) is 2.40. The monoisotopic (exact) mass is 357 g/mol. The van der Waals surface area contributed by atoms with Gasteiger partial charge >= 0.3 is 5.97 Å². The molecule has 1 aliphatic heterocycles. The number of thioether (sulfide) groups is 1. The van der Waals surface area contributed by atoms with Gasteiger partial charge in [0, 0.05) is 29.4 Å². The van der Waals surface area contributed by atoms with Gasteiger partial charge in [0.05, 0.1) is 7.11 Å². The van der Waals surface area contributed by atoms with Crippen molar-refractivity contribution in [3.05, 3.63) is 34.9 Å². The minimum atomic E-state index is -0.279. The fourth-order valence-corrected chi connectivity index (χ4v) is 3.96. The molecule has 1 aliphatic rings. The summed E-state index contributed by atoms with van der Waals surface area (Å²) in [7, 11) is 1.38. The summed E-state index contributed by atoms with van der Waals surface area (Å²) < 4.78 is 4.77. The molecular weight excluding hydrogens is 336 g/mol. The maximum Gasteiger partial charge on any atom is 0.320 e. The number of methoxy groups -OCH3 is 1. The number of carbonyl (C=O) groups excluding carboxylic acids is 2. The van der Waals surface area contributed by atoms with Gasteiger partial charge in [-0.1, -0.05) is 29.8 Å². The SMILES string of the molecule is COC(=O)[C@H]1CN(C(=O)C[NH2+][C@@H](C)c2ccccc2Cl)CCS1. The quantitative estimate of drug-likeness (QED) is 0.801. The highest BCUT2D eigenvalue weighted by atomic mass is 35.5. The zero-order chi connectivity index (χ0) is 16.8. The Labute approximate surface area is 145 Å². The Morgan fingerprint density at radius 3 is 2.91 bits per heavy atom. The number of hydrogen-bond acceptors (Lipinski definition) is 4. The van der Waals surface area contributed by atoms with Crippen LogP contribution in [0.15, 0.2) is 24.3 Å². The number of hydrogen-bond donors (Lipinski definition) is 1. The molecule has 7 heteroatoms. The number of benzene rings is 1. The first-order valence-electron chi connectivity index (χ1n) is 7.58. The number of nitrogens with zero attached hydrogens (tertiary/aromatic N) is 1. The van der Waals surface area contributed by atoms with Crippen molar-refractivity contribution in [3.8, 4) is 0 Å². The lowest BCUT2D eigenvalue weighted by Crippen LogP contribution is -2.87. The number of carbonyl (C=O) groups is 2. The smallest absolute Gasteiger partial charge is 0.320 e. The first kappa shape index (κ1) is 18.1. The van der Waals surface area contributed by atoms with Crippen molar-refractivity contribution in [1.29, 1.82) is 0 Å². The summed E-state index contributed by atoms with van der Waals surface area (Å²) in [5.74, 6) is 0.532. The molecule has 1 aromatic carbocycles. The lowest BCUT2D eigenvalue weighted by atomic mass is 10.1. The Hall–Kier alpha value is -1.24. The van der Waals surface area contributed by atoms with E-state index >= 15 is 0 Å². The molecule has 23 heavy (non-hydrogen) atoms. The van der Waals surface area contributed by atoms with Crippen LogP contribution in [0.1, 0.15) is 18.5 Å². The number of halogens is 1. The summed E-state index contributed by atoms with van der Waals surface area (Å²) in [6.45, 7) is 3.46. The normalized spacial score (nSPS) is 19.3.